The highest BCUT2D eigenvalue weighted by Gasteiger charge is 2.36. The number of carbonyl (C=O) groups is 2. The van der Waals surface area contributed by atoms with Gasteiger partial charge in [0, 0.05) is 10.9 Å². The minimum atomic E-state index is -2.99. The lowest BCUT2D eigenvalue weighted by atomic mass is 9.80. The third-order valence-electron chi connectivity index (χ3n) is 3.07. The molecule has 2 rings (SSSR count). The molecule has 0 aliphatic heterocycles. The molecule has 1 saturated carbocycles. The highest BCUT2D eigenvalue weighted by atomic mass is 32.1. The maximum atomic E-state index is 12.2. The molecule has 20 heavy (non-hydrogen) atoms. The van der Waals surface area contributed by atoms with Crippen LogP contribution in [0, 0.1) is 12.8 Å². The first-order chi connectivity index (χ1) is 9.36. The number of rotatable bonds is 5. The number of carboxylic acids is 1. The van der Waals surface area contributed by atoms with E-state index < -0.39 is 24.4 Å². The predicted octanol–water partition coefficient (Wildman–Crippen LogP) is 2.25. The normalized spacial score (nSPS) is 21.4. The van der Waals surface area contributed by atoms with Crippen LogP contribution in [0.3, 0.4) is 0 Å². The zero-order valence-corrected chi connectivity index (χ0v) is 11.4. The molecule has 8 heteroatoms. The Bertz CT molecular complexity index is 526. The van der Waals surface area contributed by atoms with Crippen LogP contribution in [0.2, 0.25) is 0 Å². The lowest BCUT2D eigenvalue weighted by Crippen LogP contribution is -2.46. The second-order valence-electron chi connectivity index (χ2n) is 4.61. The van der Waals surface area contributed by atoms with Gasteiger partial charge in [0.15, 0.2) is 0 Å². The van der Waals surface area contributed by atoms with Crippen LogP contribution in [-0.2, 0) is 4.79 Å². The molecule has 0 spiro atoms. The standard InChI is InChI=1S/C12H13F2NO4S/c1-5-2-8(19-12(13)14)9(20-5)10(16)15-7-3-6(4-7)11(17)18/h2,6-7,12H,3-4H2,1H3,(H,15,16)(H,17,18). The van der Waals surface area contributed by atoms with Crippen molar-refractivity contribution in [3.8, 4) is 5.75 Å². The van der Waals surface area contributed by atoms with Gasteiger partial charge < -0.3 is 15.2 Å². The van der Waals surface area contributed by atoms with Crippen LogP contribution in [0.15, 0.2) is 6.07 Å². The van der Waals surface area contributed by atoms with Gasteiger partial charge in [0.2, 0.25) is 0 Å². The van der Waals surface area contributed by atoms with E-state index in [9.17, 15) is 18.4 Å². The van der Waals surface area contributed by atoms with Crippen molar-refractivity contribution in [1.29, 1.82) is 0 Å². The lowest BCUT2D eigenvalue weighted by Gasteiger charge is -2.32. The molecule has 2 N–H and O–H groups in total. The van der Waals surface area contributed by atoms with E-state index >= 15 is 0 Å². The van der Waals surface area contributed by atoms with Gasteiger partial charge in [-0.15, -0.1) is 11.3 Å². The zero-order valence-electron chi connectivity index (χ0n) is 10.6. The number of nitrogens with one attached hydrogen (secondary N) is 1. The Morgan fingerprint density at radius 2 is 2.15 bits per heavy atom. The molecule has 1 amide bonds. The molecule has 0 radical (unpaired) electrons. The topological polar surface area (TPSA) is 75.6 Å². The molecule has 0 unspecified atom stereocenters. The Balaban J connectivity index is 1.98. The van der Waals surface area contributed by atoms with Gasteiger partial charge in [-0.3, -0.25) is 9.59 Å². The maximum Gasteiger partial charge on any atom is 0.387 e. The Kier molecular flexibility index (Phi) is 4.22. The average molecular weight is 305 g/mol. The zero-order chi connectivity index (χ0) is 14.9. The van der Waals surface area contributed by atoms with E-state index in [1.807, 2.05) is 0 Å². The molecule has 110 valence electrons. The van der Waals surface area contributed by atoms with Crippen molar-refractivity contribution >= 4 is 23.2 Å². The molecule has 1 heterocycles. The highest BCUT2D eigenvalue weighted by molar-refractivity contribution is 7.14. The predicted molar refractivity (Wildman–Crippen MR) is 67.3 cm³/mol. The Morgan fingerprint density at radius 3 is 2.70 bits per heavy atom. The molecule has 0 bridgehead atoms. The number of thiophene rings is 1. The monoisotopic (exact) mass is 305 g/mol. The molecular formula is C12H13F2NO4S. The van der Waals surface area contributed by atoms with E-state index in [0.29, 0.717) is 17.7 Å². The number of carbonyl (C=O) groups excluding carboxylic acids is 1. The number of aliphatic carboxylic acids is 1. The molecule has 1 aromatic heterocycles. The molecule has 1 fully saturated rings. The summed E-state index contributed by atoms with van der Waals surface area (Å²) in [6.45, 7) is -1.31. The number of hydrogen-bond acceptors (Lipinski definition) is 4. The van der Waals surface area contributed by atoms with Gasteiger partial charge in [-0.05, 0) is 25.8 Å². The van der Waals surface area contributed by atoms with Gasteiger partial charge in [-0.1, -0.05) is 0 Å². The summed E-state index contributed by atoms with van der Waals surface area (Å²) in [5, 5.41) is 11.4. The van der Waals surface area contributed by atoms with Crippen molar-refractivity contribution in [3.63, 3.8) is 0 Å². The molecule has 5 nitrogen and oxygen atoms in total. The van der Waals surface area contributed by atoms with E-state index in [4.69, 9.17) is 5.11 Å². The van der Waals surface area contributed by atoms with Crippen molar-refractivity contribution in [1.82, 2.24) is 5.32 Å². The fraction of sp³-hybridized carbons (Fsp3) is 0.500. The van der Waals surface area contributed by atoms with Gasteiger partial charge in [0.1, 0.15) is 10.6 Å². The molecule has 0 saturated heterocycles. The van der Waals surface area contributed by atoms with Crippen molar-refractivity contribution in [2.45, 2.75) is 32.4 Å². The molecule has 0 atom stereocenters. The number of ether oxygens (including phenoxy) is 1. The van der Waals surface area contributed by atoms with Crippen LogP contribution < -0.4 is 10.1 Å². The summed E-state index contributed by atoms with van der Waals surface area (Å²) in [4.78, 5) is 23.4. The maximum absolute atomic E-state index is 12.2. The summed E-state index contributed by atoms with van der Waals surface area (Å²) in [5.41, 5.74) is 0. The van der Waals surface area contributed by atoms with E-state index in [1.54, 1.807) is 6.92 Å². The van der Waals surface area contributed by atoms with Crippen LogP contribution in [-0.4, -0.2) is 29.6 Å². The number of aryl methyl sites for hydroxylation is 1. The van der Waals surface area contributed by atoms with E-state index in [0.717, 1.165) is 11.3 Å². The van der Waals surface area contributed by atoms with Gasteiger partial charge in [-0.25, -0.2) is 0 Å². The second-order valence-corrected chi connectivity index (χ2v) is 5.86. The summed E-state index contributed by atoms with van der Waals surface area (Å²) in [6, 6.07) is 1.15. The number of alkyl halides is 2. The Hall–Kier alpha value is -1.70. The lowest BCUT2D eigenvalue weighted by molar-refractivity contribution is -0.145. The van der Waals surface area contributed by atoms with E-state index in [-0.39, 0.29) is 16.7 Å². The minimum absolute atomic E-state index is 0.0848. The van der Waals surface area contributed by atoms with Crippen molar-refractivity contribution in [3.05, 3.63) is 15.8 Å². The van der Waals surface area contributed by atoms with Crippen molar-refractivity contribution < 1.29 is 28.2 Å². The minimum Gasteiger partial charge on any atom is -0.481 e. The van der Waals surface area contributed by atoms with Crippen LogP contribution in [0.4, 0.5) is 8.78 Å². The number of carboxylic acid groups (broad SMARTS) is 1. The third kappa shape index (κ3) is 3.24. The van der Waals surface area contributed by atoms with Gasteiger partial charge in [0.25, 0.3) is 5.91 Å². The van der Waals surface area contributed by atoms with Crippen LogP contribution in [0.5, 0.6) is 5.75 Å². The average Bonchev–Trinajstić information content (AvgIpc) is 2.62. The quantitative estimate of drug-likeness (QED) is 0.875. The summed E-state index contributed by atoms with van der Waals surface area (Å²) >= 11 is 1.06. The first-order valence-corrected chi connectivity index (χ1v) is 6.77. The smallest absolute Gasteiger partial charge is 0.387 e. The molecular weight excluding hydrogens is 292 g/mol. The molecule has 0 aromatic carbocycles. The first-order valence-electron chi connectivity index (χ1n) is 5.95. The third-order valence-corrected chi connectivity index (χ3v) is 4.10. The first kappa shape index (κ1) is 14.7. The number of amides is 1. The van der Waals surface area contributed by atoms with E-state index in [1.165, 1.54) is 6.07 Å². The fourth-order valence-electron chi connectivity index (χ4n) is 2.02. The van der Waals surface area contributed by atoms with Crippen LogP contribution in [0.1, 0.15) is 27.4 Å². The van der Waals surface area contributed by atoms with E-state index in [2.05, 4.69) is 10.1 Å². The summed E-state index contributed by atoms with van der Waals surface area (Å²) in [5.74, 6) is -1.98. The Morgan fingerprint density at radius 1 is 1.50 bits per heavy atom. The van der Waals surface area contributed by atoms with Crippen molar-refractivity contribution in [2.75, 3.05) is 0 Å². The number of hydrogen-bond donors (Lipinski definition) is 2. The fourth-order valence-corrected chi connectivity index (χ4v) is 2.87. The highest BCUT2D eigenvalue weighted by Crippen LogP contribution is 2.32. The molecule has 1 aliphatic carbocycles. The van der Waals surface area contributed by atoms with Crippen molar-refractivity contribution in [2.24, 2.45) is 5.92 Å². The largest absolute Gasteiger partial charge is 0.481 e. The summed E-state index contributed by atoms with van der Waals surface area (Å²) in [7, 11) is 0. The number of halogens is 2. The van der Waals surface area contributed by atoms with Crippen LogP contribution in [0.25, 0.3) is 0 Å². The second kappa shape index (κ2) is 5.74. The summed E-state index contributed by atoms with van der Waals surface area (Å²) in [6.07, 6.45) is 0.715. The van der Waals surface area contributed by atoms with Crippen LogP contribution >= 0.6 is 11.3 Å². The summed E-state index contributed by atoms with van der Waals surface area (Å²) < 4.78 is 28.8. The van der Waals surface area contributed by atoms with Gasteiger partial charge in [-0.2, -0.15) is 8.78 Å². The molecule has 1 aliphatic rings. The Labute approximate surface area is 117 Å². The SMILES string of the molecule is Cc1cc(OC(F)F)c(C(=O)NC2CC(C(=O)O)C2)s1. The van der Waals surface area contributed by atoms with Gasteiger partial charge >= 0.3 is 12.6 Å². The van der Waals surface area contributed by atoms with Gasteiger partial charge in [0.05, 0.1) is 5.92 Å². The molecule has 1 aromatic rings.